The van der Waals surface area contributed by atoms with E-state index in [1.165, 1.54) is 19.3 Å². The van der Waals surface area contributed by atoms with Gasteiger partial charge in [-0.2, -0.15) is 0 Å². The zero-order chi connectivity index (χ0) is 20.7. The Labute approximate surface area is 178 Å². The van der Waals surface area contributed by atoms with Crippen LogP contribution in [0.15, 0.2) is 24.3 Å². The Morgan fingerprint density at radius 3 is 2.47 bits per heavy atom. The molecule has 6 nitrogen and oxygen atoms in total. The predicted molar refractivity (Wildman–Crippen MR) is 115 cm³/mol. The van der Waals surface area contributed by atoms with Crippen LogP contribution in [0, 0.1) is 0 Å². The van der Waals surface area contributed by atoms with Gasteiger partial charge in [-0.15, -0.1) is 0 Å². The molecule has 1 spiro atoms. The van der Waals surface area contributed by atoms with Crippen LogP contribution in [-0.2, 0) is 16.1 Å². The summed E-state index contributed by atoms with van der Waals surface area (Å²) in [4.78, 5) is 31.8. The molecule has 2 amide bonds. The second kappa shape index (κ2) is 7.97. The van der Waals surface area contributed by atoms with Crippen LogP contribution in [0.1, 0.15) is 63.4 Å². The molecule has 3 saturated heterocycles. The lowest BCUT2D eigenvalue weighted by Gasteiger charge is -2.36. The van der Waals surface area contributed by atoms with E-state index in [0.717, 1.165) is 50.0 Å². The van der Waals surface area contributed by atoms with E-state index >= 15 is 0 Å². The molecule has 6 heteroatoms. The maximum atomic E-state index is 13.6. The highest BCUT2D eigenvalue weighted by atomic mass is 16.3. The van der Waals surface area contributed by atoms with Crippen molar-refractivity contribution in [3.63, 3.8) is 0 Å². The molecule has 1 aromatic rings. The monoisotopic (exact) mass is 411 g/mol. The normalized spacial score (nSPS) is 30.9. The lowest BCUT2D eigenvalue weighted by Crippen LogP contribution is -2.51. The third-order valence-electron chi connectivity index (χ3n) is 7.75. The number of carbonyl (C=O) groups excluding carboxylic acids is 2. The number of aliphatic hydroxyl groups is 1. The number of hydrogen-bond acceptors (Lipinski definition) is 4. The summed E-state index contributed by atoms with van der Waals surface area (Å²) in [5.74, 6) is 0.439. The van der Waals surface area contributed by atoms with Crippen molar-refractivity contribution in [3.8, 4) is 0 Å². The molecule has 1 aliphatic carbocycles. The Kier molecular flexibility index (Phi) is 5.31. The number of hydrogen-bond donors (Lipinski definition) is 1. The molecule has 0 radical (unpaired) electrons. The quantitative estimate of drug-likeness (QED) is 0.827. The molecule has 1 N–H and O–H groups in total. The van der Waals surface area contributed by atoms with Gasteiger partial charge in [0.15, 0.2) is 0 Å². The van der Waals surface area contributed by atoms with Gasteiger partial charge in [0.1, 0.15) is 5.54 Å². The van der Waals surface area contributed by atoms with Crippen LogP contribution in [0.2, 0.25) is 0 Å². The summed E-state index contributed by atoms with van der Waals surface area (Å²) < 4.78 is 0. The molecule has 30 heavy (non-hydrogen) atoms. The van der Waals surface area contributed by atoms with Crippen molar-refractivity contribution in [1.29, 1.82) is 0 Å². The van der Waals surface area contributed by atoms with Crippen LogP contribution in [0.3, 0.4) is 0 Å². The van der Waals surface area contributed by atoms with Gasteiger partial charge in [-0.1, -0.05) is 31.4 Å². The van der Waals surface area contributed by atoms with Gasteiger partial charge >= 0.3 is 0 Å². The zero-order valence-corrected chi connectivity index (χ0v) is 17.8. The highest BCUT2D eigenvalue weighted by molar-refractivity contribution is 5.95. The van der Waals surface area contributed by atoms with Crippen molar-refractivity contribution in [2.24, 2.45) is 0 Å². The van der Waals surface area contributed by atoms with Gasteiger partial charge in [0.2, 0.25) is 11.8 Å². The molecule has 4 fully saturated rings. The lowest BCUT2D eigenvalue weighted by atomic mass is 9.91. The largest absolute Gasteiger partial charge is 0.392 e. The first-order valence-electron chi connectivity index (χ1n) is 11.7. The third-order valence-corrected chi connectivity index (χ3v) is 7.75. The number of aliphatic hydroxyl groups excluding tert-OH is 1. The number of amides is 2. The predicted octanol–water partition coefficient (Wildman–Crippen LogP) is 2.68. The Bertz CT molecular complexity index is 804. The number of likely N-dealkylation sites (tertiary alicyclic amines) is 2. The molecule has 1 unspecified atom stereocenters. The molecule has 3 heterocycles. The maximum absolute atomic E-state index is 13.6. The van der Waals surface area contributed by atoms with Gasteiger partial charge in [-0.25, -0.2) is 0 Å². The van der Waals surface area contributed by atoms with Gasteiger partial charge in [0.25, 0.3) is 0 Å². The number of benzene rings is 1. The Balaban J connectivity index is 1.31. The summed E-state index contributed by atoms with van der Waals surface area (Å²) in [6.07, 6.45) is 8.47. The number of nitrogens with zero attached hydrogens (tertiary/aromatic N) is 3. The van der Waals surface area contributed by atoms with Gasteiger partial charge in [-0.3, -0.25) is 14.5 Å². The number of carbonyl (C=O) groups is 2. The van der Waals surface area contributed by atoms with E-state index in [-0.39, 0.29) is 11.8 Å². The molecular formula is C24H33N3O3. The molecule has 5 rings (SSSR count). The van der Waals surface area contributed by atoms with Gasteiger partial charge in [0.05, 0.1) is 6.10 Å². The molecule has 4 aliphatic rings. The fraction of sp³-hybridized carbons (Fsp3) is 0.667. The highest BCUT2D eigenvalue weighted by Crippen LogP contribution is 2.42. The summed E-state index contributed by atoms with van der Waals surface area (Å²) >= 11 is 0. The minimum absolute atomic E-state index is 0.198. The molecule has 0 bridgehead atoms. The average Bonchev–Trinajstić information content (AvgIpc) is 3.42. The van der Waals surface area contributed by atoms with E-state index in [4.69, 9.17) is 0 Å². The van der Waals surface area contributed by atoms with Crippen molar-refractivity contribution >= 4 is 17.5 Å². The second-order valence-electron chi connectivity index (χ2n) is 9.63. The average molecular weight is 412 g/mol. The van der Waals surface area contributed by atoms with Crippen LogP contribution < -0.4 is 4.90 Å². The highest BCUT2D eigenvalue weighted by Gasteiger charge is 2.56. The molecule has 1 aromatic carbocycles. The Morgan fingerprint density at radius 1 is 1.00 bits per heavy atom. The van der Waals surface area contributed by atoms with Crippen molar-refractivity contribution < 1.29 is 14.7 Å². The van der Waals surface area contributed by atoms with E-state index in [0.29, 0.717) is 32.0 Å². The zero-order valence-electron chi connectivity index (χ0n) is 17.8. The number of β-amino-alcohol motifs (C(OH)–C–C–N with tert-alkyl or cyclic N) is 1. The van der Waals surface area contributed by atoms with Crippen LogP contribution in [0.4, 0.5) is 5.69 Å². The van der Waals surface area contributed by atoms with E-state index in [9.17, 15) is 14.7 Å². The standard InChI is InChI=1S/C24H33N3O3/c28-21-15-24(12-14-27(23(24)30)19-5-2-1-3-6-19)25(17-21)16-18-8-10-20(11-9-18)26-13-4-7-22(26)29/h8-11,19,21,28H,1-7,12-17H2/t21-,24?/m1/s1. The first kappa shape index (κ1) is 20.0. The van der Waals surface area contributed by atoms with Crippen LogP contribution >= 0.6 is 0 Å². The van der Waals surface area contributed by atoms with Crippen molar-refractivity contribution in [3.05, 3.63) is 29.8 Å². The molecule has 2 atom stereocenters. The van der Waals surface area contributed by atoms with Crippen molar-refractivity contribution in [2.75, 3.05) is 24.5 Å². The van der Waals surface area contributed by atoms with Crippen LogP contribution in [0.5, 0.6) is 0 Å². The summed E-state index contributed by atoms with van der Waals surface area (Å²) in [6, 6.07) is 8.56. The van der Waals surface area contributed by atoms with Gasteiger partial charge < -0.3 is 14.9 Å². The molecule has 1 saturated carbocycles. The van der Waals surface area contributed by atoms with Gasteiger partial charge in [0, 0.05) is 50.7 Å². The minimum atomic E-state index is -0.541. The lowest BCUT2D eigenvalue weighted by molar-refractivity contribution is -0.139. The van der Waals surface area contributed by atoms with Gasteiger partial charge in [-0.05, 0) is 43.4 Å². The van der Waals surface area contributed by atoms with Crippen LogP contribution in [-0.4, -0.2) is 64.0 Å². The van der Waals surface area contributed by atoms with Crippen molar-refractivity contribution in [2.45, 2.75) is 82.0 Å². The van der Waals surface area contributed by atoms with E-state index in [2.05, 4.69) is 21.9 Å². The minimum Gasteiger partial charge on any atom is -0.392 e. The van der Waals surface area contributed by atoms with E-state index in [1.54, 1.807) is 0 Å². The molecule has 0 aromatic heterocycles. The topological polar surface area (TPSA) is 64.1 Å². The molecule has 162 valence electrons. The van der Waals surface area contributed by atoms with E-state index in [1.807, 2.05) is 17.0 Å². The Hall–Kier alpha value is -1.92. The van der Waals surface area contributed by atoms with Crippen molar-refractivity contribution in [1.82, 2.24) is 9.80 Å². The first-order chi connectivity index (χ1) is 14.6. The fourth-order valence-electron chi connectivity index (χ4n) is 6.16. The molecular weight excluding hydrogens is 378 g/mol. The summed E-state index contributed by atoms with van der Waals surface area (Å²) in [5.41, 5.74) is 1.54. The fourth-order valence-corrected chi connectivity index (χ4v) is 6.16. The third kappa shape index (κ3) is 3.44. The SMILES string of the molecule is O=C1CCCN1c1ccc(CN2C[C@H](O)CC23CCN(C2CCCCC2)C3=O)cc1. The summed E-state index contributed by atoms with van der Waals surface area (Å²) in [5, 5.41) is 10.5. The first-order valence-corrected chi connectivity index (χ1v) is 11.7. The number of rotatable bonds is 4. The van der Waals surface area contributed by atoms with Crippen LogP contribution in [0.25, 0.3) is 0 Å². The number of anilines is 1. The Morgan fingerprint density at radius 2 is 1.77 bits per heavy atom. The van der Waals surface area contributed by atoms with E-state index < -0.39 is 11.6 Å². The summed E-state index contributed by atoms with van der Waals surface area (Å²) in [7, 11) is 0. The summed E-state index contributed by atoms with van der Waals surface area (Å²) in [6.45, 7) is 2.83. The second-order valence-corrected chi connectivity index (χ2v) is 9.63. The molecule has 3 aliphatic heterocycles. The maximum Gasteiger partial charge on any atom is 0.243 e. The smallest absolute Gasteiger partial charge is 0.243 e.